The van der Waals surface area contributed by atoms with Crippen molar-refractivity contribution in [3.8, 4) is 0 Å². The summed E-state index contributed by atoms with van der Waals surface area (Å²) in [6.07, 6.45) is 1.02. The fourth-order valence-electron chi connectivity index (χ4n) is 0.705. The Balaban J connectivity index is 2.71. The number of hydrogen-bond donors (Lipinski definition) is 0. The van der Waals surface area contributed by atoms with Crippen LogP contribution < -0.4 is 0 Å². The summed E-state index contributed by atoms with van der Waals surface area (Å²) in [6.45, 7) is 4.14. The molecule has 1 aromatic rings. The molecule has 0 aliphatic rings. The van der Waals surface area contributed by atoms with Gasteiger partial charge in [-0.1, -0.05) is 19.0 Å². The molecule has 1 atom stereocenters. The molecule has 1 unspecified atom stereocenters. The molecule has 0 aromatic carbocycles. The first kappa shape index (κ1) is 8.53. The molecule has 11 heavy (non-hydrogen) atoms. The van der Waals surface area contributed by atoms with Crippen molar-refractivity contribution < 1.29 is 4.52 Å². The Morgan fingerprint density at radius 3 is 2.82 bits per heavy atom. The SMILES string of the molecule is CCC(C)c1noc(CCl)n1. The zero-order chi connectivity index (χ0) is 8.27. The molecule has 0 aliphatic carbocycles. The third-order valence-corrected chi connectivity index (χ3v) is 1.88. The van der Waals surface area contributed by atoms with Gasteiger partial charge in [-0.2, -0.15) is 4.98 Å². The number of alkyl halides is 1. The van der Waals surface area contributed by atoms with Gasteiger partial charge in [-0.15, -0.1) is 11.6 Å². The van der Waals surface area contributed by atoms with E-state index in [4.69, 9.17) is 16.1 Å². The van der Waals surface area contributed by atoms with Crippen LogP contribution in [0.5, 0.6) is 0 Å². The zero-order valence-electron chi connectivity index (χ0n) is 6.67. The smallest absolute Gasteiger partial charge is 0.241 e. The van der Waals surface area contributed by atoms with Crippen LogP contribution in [0.1, 0.15) is 37.9 Å². The lowest BCUT2D eigenvalue weighted by Gasteiger charge is -1.98. The highest BCUT2D eigenvalue weighted by molar-refractivity contribution is 6.16. The minimum absolute atomic E-state index is 0.295. The lowest BCUT2D eigenvalue weighted by molar-refractivity contribution is 0.380. The maximum absolute atomic E-state index is 5.49. The van der Waals surface area contributed by atoms with Crippen LogP contribution in [0, 0.1) is 0 Å². The standard InChI is InChI=1S/C7H11ClN2O/c1-3-5(2)7-9-6(4-8)11-10-7/h5H,3-4H2,1-2H3. The molecule has 1 aromatic heterocycles. The first-order valence-corrected chi connectivity index (χ1v) is 4.19. The van der Waals surface area contributed by atoms with Crippen molar-refractivity contribution in [2.45, 2.75) is 32.1 Å². The van der Waals surface area contributed by atoms with Crippen LogP contribution in [0.25, 0.3) is 0 Å². The molecule has 0 saturated heterocycles. The van der Waals surface area contributed by atoms with Crippen LogP contribution in [-0.2, 0) is 5.88 Å². The zero-order valence-corrected chi connectivity index (χ0v) is 7.43. The van der Waals surface area contributed by atoms with E-state index in [1.807, 2.05) is 0 Å². The molecule has 4 heteroatoms. The van der Waals surface area contributed by atoms with Crippen LogP contribution in [0.15, 0.2) is 4.52 Å². The predicted octanol–water partition coefficient (Wildman–Crippen LogP) is 2.32. The third-order valence-electron chi connectivity index (χ3n) is 1.65. The highest BCUT2D eigenvalue weighted by atomic mass is 35.5. The van der Waals surface area contributed by atoms with Crippen molar-refractivity contribution in [2.24, 2.45) is 0 Å². The van der Waals surface area contributed by atoms with E-state index in [1.165, 1.54) is 0 Å². The summed E-state index contributed by atoms with van der Waals surface area (Å²) >= 11 is 5.49. The summed E-state index contributed by atoms with van der Waals surface area (Å²) < 4.78 is 4.84. The monoisotopic (exact) mass is 174 g/mol. The largest absolute Gasteiger partial charge is 0.338 e. The lowest BCUT2D eigenvalue weighted by atomic mass is 10.1. The molecule has 3 nitrogen and oxygen atoms in total. The maximum atomic E-state index is 5.49. The van der Waals surface area contributed by atoms with E-state index in [-0.39, 0.29) is 0 Å². The first-order valence-electron chi connectivity index (χ1n) is 3.66. The molecule has 1 heterocycles. The van der Waals surface area contributed by atoms with Crippen LogP contribution in [0.2, 0.25) is 0 Å². The van der Waals surface area contributed by atoms with E-state index in [1.54, 1.807) is 0 Å². The molecule has 0 radical (unpaired) electrons. The van der Waals surface area contributed by atoms with E-state index >= 15 is 0 Å². The summed E-state index contributed by atoms with van der Waals surface area (Å²) in [6, 6.07) is 0. The van der Waals surface area contributed by atoms with Crippen molar-refractivity contribution in [1.29, 1.82) is 0 Å². The Kier molecular flexibility index (Phi) is 2.88. The van der Waals surface area contributed by atoms with Gasteiger partial charge in [0.05, 0.1) is 0 Å². The van der Waals surface area contributed by atoms with Gasteiger partial charge in [0.15, 0.2) is 5.82 Å². The van der Waals surface area contributed by atoms with E-state index in [0.29, 0.717) is 17.7 Å². The van der Waals surface area contributed by atoms with Gasteiger partial charge >= 0.3 is 0 Å². The minimum atomic E-state index is 0.295. The Morgan fingerprint density at radius 1 is 1.64 bits per heavy atom. The minimum Gasteiger partial charge on any atom is -0.338 e. The summed E-state index contributed by atoms with van der Waals surface area (Å²) in [4.78, 5) is 4.09. The van der Waals surface area contributed by atoms with Gasteiger partial charge < -0.3 is 4.52 Å². The summed E-state index contributed by atoms with van der Waals surface area (Å²) in [5.74, 6) is 1.91. The molecule has 0 fully saturated rings. The Labute approximate surface area is 70.7 Å². The molecular weight excluding hydrogens is 164 g/mol. The van der Waals surface area contributed by atoms with E-state index in [0.717, 1.165) is 12.2 Å². The molecule has 0 saturated carbocycles. The van der Waals surface area contributed by atoms with E-state index < -0.39 is 0 Å². The van der Waals surface area contributed by atoms with Crippen molar-refractivity contribution in [2.75, 3.05) is 0 Å². The highest BCUT2D eigenvalue weighted by Gasteiger charge is 2.10. The van der Waals surface area contributed by atoms with Gasteiger partial charge in [-0.05, 0) is 6.42 Å². The second-order valence-corrected chi connectivity index (χ2v) is 2.76. The quantitative estimate of drug-likeness (QED) is 0.661. The van der Waals surface area contributed by atoms with Crippen LogP contribution in [0.3, 0.4) is 0 Å². The molecule has 62 valence electrons. The molecule has 0 N–H and O–H groups in total. The van der Waals surface area contributed by atoms with Crippen LogP contribution in [0.4, 0.5) is 0 Å². The lowest BCUT2D eigenvalue weighted by Crippen LogP contribution is -1.93. The fraction of sp³-hybridized carbons (Fsp3) is 0.714. The van der Waals surface area contributed by atoms with Gasteiger partial charge in [-0.25, -0.2) is 0 Å². The second-order valence-electron chi connectivity index (χ2n) is 2.49. The second kappa shape index (κ2) is 3.72. The Morgan fingerprint density at radius 2 is 2.36 bits per heavy atom. The Bertz CT molecular complexity index is 224. The molecular formula is C7H11ClN2O. The van der Waals surface area contributed by atoms with Crippen LogP contribution >= 0.6 is 11.6 Å². The first-order chi connectivity index (χ1) is 5.27. The number of halogens is 1. The average molecular weight is 175 g/mol. The summed E-state index contributed by atoms with van der Waals surface area (Å²) in [7, 11) is 0. The Hall–Kier alpha value is -0.570. The van der Waals surface area contributed by atoms with Gasteiger partial charge in [0.1, 0.15) is 5.88 Å². The summed E-state index contributed by atoms with van der Waals surface area (Å²) in [5, 5.41) is 3.79. The van der Waals surface area contributed by atoms with Crippen molar-refractivity contribution >= 4 is 11.6 Å². The maximum Gasteiger partial charge on any atom is 0.241 e. The van der Waals surface area contributed by atoms with E-state index in [9.17, 15) is 0 Å². The van der Waals surface area contributed by atoms with Crippen molar-refractivity contribution in [3.05, 3.63) is 11.7 Å². The predicted molar refractivity (Wildman–Crippen MR) is 42.6 cm³/mol. The van der Waals surface area contributed by atoms with Gasteiger partial charge in [0.2, 0.25) is 5.89 Å². The fourth-order valence-corrected chi connectivity index (χ4v) is 0.814. The van der Waals surface area contributed by atoms with Gasteiger partial charge in [0.25, 0.3) is 0 Å². The highest BCUT2D eigenvalue weighted by Crippen LogP contribution is 2.14. The molecule has 0 aliphatic heterocycles. The van der Waals surface area contributed by atoms with Gasteiger partial charge in [0, 0.05) is 5.92 Å². The molecule has 0 amide bonds. The number of aromatic nitrogens is 2. The number of nitrogens with zero attached hydrogens (tertiary/aromatic N) is 2. The molecule has 0 spiro atoms. The topological polar surface area (TPSA) is 38.9 Å². The molecule has 1 rings (SSSR count). The van der Waals surface area contributed by atoms with Crippen molar-refractivity contribution in [1.82, 2.24) is 10.1 Å². The summed E-state index contributed by atoms with van der Waals surface area (Å²) in [5.41, 5.74) is 0. The van der Waals surface area contributed by atoms with Crippen molar-refractivity contribution in [3.63, 3.8) is 0 Å². The number of hydrogen-bond acceptors (Lipinski definition) is 3. The normalized spacial score (nSPS) is 13.4. The van der Waals surface area contributed by atoms with E-state index in [2.05, 4.69) is 24.0 Å². The molecule has 0 bridgehead atoms. The van der Waals surface area contributed by atoms with Crippen LogP contribution in [-0.4, -0.2) is 10.1 Å². The number of rotatable bonds is 3. The third kappa shape index (κ3) is 1.93. The van der Waals surface area contributed by atoms with Gasteiger partial charge in [-0.3, -0.25) is 0 Å². The average Bonchev–Trinajstić information content (AvgIpc) is 2.50.